The molecule has 0 saturated carbocycles. The Morgan fingerprint density at radius 3 is 1.05 bits per heavy atom. The molecule has 0 unspecified atom stereocenters. The zero-order valence-corrected chi connectivity index (χ0v) is 13.3. The van der Waals surface area contributed by atoms with Gasteiger partial charge < -0.3 is 19.8 Å². The third-order valence-corrected chi connectivity index (χ3v) is 1.88. The number of hydrogen-bond donors (Lipinski definition) is 0. The van der Waals surface area contributed by atoms with Gasteiger partial charge in [0.25, 0.3) is 0 Å². The van der Waals surface area contributed by atoms with Crippen molar-refractivity contribution in [3.05, 3.63) is 60.7 Å². The van der Waals surface area contributed by atoms with Crippen molar-refractivity contribution >= 4 is 11.9 Å². The number of carboxylic acid groups (broad SMARTS) is 2. The Bertz CT molecular complexity index is 455. The van der Waals surface area contributed by atoms with Crippen LogP contribution in [0.25, 0.3) is 11.1 Å². The van der Waals surface area contributed by atoms with Gasteiger partial charge in [0.15, 0.2) is 0 Å². The van der Waals surface area contributed by atoms with E-state index < -0.39 is 11.9 Å². The number of carboxylic acids is 2. The minimum absolute atomic E-state index is 0. The molecule has 21 heavy (non-hydrogen) atoms. The first-order valence-corrected chi connectivity index (χ1v) is 5.89. The van der Waals surface area contributed by atoms with Crippen LogP contribution < -0.4 is 10.2 Å². The molecule has 0 aliphatic rings. The average Bonchev–Trinajstić information content (AvgIpc) is 2.39. The summed E-state index contributed by atoms with van der Waals surface area (Å²) < 4.78 is 0. The maximum absolute atomic E-state index is 8.89. The van der Waals surface area contributed by atoms with E-state index in [4.69, 9.17) is 19.8 Å². The summed E-state index contributed by atoms with van der Waals surface area (Å²) in [6, 6.07) is 20.8. The van der Waals surface area contributed by atoms with Gasteiger partial charge in [-0.1, -0.05) is 60.7 Å². The second-order valence-electron chi connectivity index (χ2n) is 3.72. The zero-order valence-electron chi connectivity index (χ0n) is 11.7. The Labute approximate surface area is 138 Å². The number of aliphatic carboxylic acids is 2. The normalized spacial score (nSPS) is 7.90. The van der Waals surface area contributed by atoms with E-state index in [1.54, 1.807) is 0 Å². The van der Waals surface area contributed by atoms with E-state index in [-0.39, 0.29) is 20.4 Å². The third-order valence-electron chi connectivity index (χ3n) is 1.88. The molecule has 2 aromatic carbocycles. The summed E-state index contributed by atoms with van der Waals surface area (Å²) in [5.41, 5.74) is 2.55. The number of carbonyl (C=O) groups is 2. The fourth-order valence-corrected chi connectivity index (χ4v) is 1.26. The van der Waals surface area contributed by atoms with Crippen molar-refractivity contribution in [2.24, 2.45) is 0 Å². The van der Waals surface area contributed by atoms with E-state index >= 15 is 0 Å². The molecule has 0 spiro atoms. The van der Waals surface area contributed by atoms with Crippen LogP contribution >= 0.6 is 0 Å². The summed E-state index contributed by atoms with van der Waals surface area (Å²) in [6.45, 7) is 1.94. The molecule has 114 valence electrons. The molecule has 0 bridgehead atoms. The second-order valence-corrected chi connectivity index (χ2v) is 3.72. The minimum atomic E-state index is -1.08. The molecular weight excluding hydrogens is 363 g/mol. The van der Waals surface area contributed by atoms with Crippen LogP contribution in [0.5, 0.6) is 0 Å². The smallest absolute Gasteiger partial charge is 0.550 e. The van der Waals surface area contributed by atoms with E-state index in [0.717, 1.165) is 13.8 Å². The maximum atomic E-state index is 8.89. The third kappa shape index (κ3) is 14.3. The monoisotopic (exact) mass is 378 g/mol. The summed E-state index contributed by atoms with van der Waals surface area (Å²) in [4.78, 5) is 17.8. The molecule has 0 amide bonds. The van der Waals surface area contributed by atoms with Crippen molar-refractivity contribution in [2.75, 3.05) is 0 Å². The fourth-order valence-electron chi connectivity index (χ4n) is 1.26. The molecule has 5 heteroatoms. The topological polar surface area (TPSA) is 80.3 Å². The standard InChI is InChI=1S/C12H10.2C2H4O2.Pd/c1-3-7-11(8-4-1)12-9-5-2-6-10-12;2*1-2(3)4;/h1-10H;2*1H3,(H,3,4);/q;;;+2/p-2. The van der Waals surface area contributed by atoms with Gasteiger partial charge in [-0.3, -0.25) is 0 Å². The number of hydrogen-bond acceptors (Lipinski definition) is 4. The molecule has 4 nitrogen and oxygen atoms in total. The Morgan fingerprint density at radius 1 is 0.667 bits per heavy atom. The molecule has 0 aliphatic heterocycles. The van der Waals surface area contributed by atoms with Crippen molar-refractivity contribution in [1.82, 2.24) is 0 Å². The number of benzene rings is 2. The predicted octanol–water partition coefficient (Wildman–Crippen LogP) is 0.864. The SMILES string of the molecule is CC(=O)[O-].CC(=O)[O-].[Pd+2].c1ccc(-c2ccccc2)cc1. The Balaban J connectivity index is 0. The van der Waals surface area contributed by atoms with E-state index in [1.165, 1.54) is 11.1 Å². The summed E-state index contributed by atoms with van der Waals surface area (Å²) in [7, 11) is 0. The van der Waals surface area contributed by atoms with Crippen molar-refractivity contribution in [1.29, 1.82) is 0 Å². The van der Waals surface area contributed by atoms with Gasteiger partial charge in [0.05, 0.1) is 0 Å². The van der Waals surface area contributed by atoms with Gasteiger partial charge in [-0.05, 0) is 25.0 Å². The van der Waals surface area contributed by atoms with Gasteiger partial charge >= 0.3 is 20.4 Å². The number of rotatable bonds is 1. The summed E-state index contributed by atoms with van der Waals surface area (Å²) in [5.74, 6) is -2.17. The van der Waals surface area contributed by atoms with Crippen LogP contribution in [-0.2, 0) is 30.0 Å². The molecule has 2 aromatic rings. The van der Waals surface area contributed by atoms with Crippen molar-refractivity contribution in [2.45, 2.75) is 13.8 Å². The molecular formula is C16H16O4Pd. The second kappa shape index (κ2) is 13.0. The first-order valence-electron chi connectivity index (χ1n) is 5.89. The molecule has 0 aromatic heterocycles. The summed E-state index contributed by atoms with van der Waals surface area (Å²) >= 11 is 0. The maximum Gasteiger partial charge on any atom is 2.00 e. The van der Waals surface area contributed by atoms with Gasteiger partial charge in [0, 0.05) is 11.9 Å². The quantitative estimate of drug-likeness (QED) is 0.689. The van der Waals surface area contributed by atoms with E-state index in [9.17, 15) is 0 Å². The molecule has 0 radical (unpaired) electrons. The predicted molar refractivity (Wildman–Crippen MR) is 73.2 cm³/mol. The van der Waals surface area contributed by atoms with Crippen molar-refractivity contribution < 1.29 is 40.2 Å². The van der Waals surface area contributed by atoms with E-state index in [2.05, 4.69) is 48.5 Å². The molecule has 0 fully saturated rings. The van der Waals surface area contributed by atoms with Crippen LogP contribution in [0.15, 0.2) is 60.7 Å². The van der Waals surface area contributed by atoms with Gasteiger partial charge in [-0.15, -0.1) is 0 Å². The van der Waals surface area contributed by atoms with Crippen LogP contribution in [0.2, 0.25) is 0 Å². The van der Waals surface area contributed by atoms with Crippen LogP contribution in [0, 0.1) is 0 Å². The minimum Gasteiger partial charge on any atom is -0.550 e. The molecule has 0 heterocycles. The van der Waals surface area contributed by atoms with Gasteiger partial charge in [0.1, 0.15) is 0 Å². The van der Waals surface area contributed by atoms with Crippen LogP contribution in [0.4, 0.5) is 0 Å². The Kier molecular flexibility index (Phi) is 13.3. The van der Waals surface area contributed by atoms with Gasteiger partial charge in [-0.25, -0.2) is 0 Å². The van der Waals surface area contributed by atoms with Gasteiger partial charge in [0.2, 0.25) is 0 Å². The Hall–Kier alpha value is -1.96. The molecule has 0 N–H and O–H groups in total. The zero-order chi connectivity index (χ0) is 15.4. The first kappa shape index (κ1) is 21.3. The fraction of sp³-hybridized carbons (Fsp3) is 0.125. The molecule has 0 aliphatic carbocycles. The van der Waals surface area contributed by atoms with Crippen molar-refractivity contribution in [3.8, 4) is 11.1 Å². The van der Waals surface area contributed by atoms with Gasteiger partial charge in [-0.2, -0.15) is 0 Å². The summed E-state index contributed by atoms with van der Waals surface area (Å²) in [5, 5.41) is 17.8. The van der Waals surface area contributed by atoms with Crippen LogP contribution in [0.3, 0.4) is 0 Å². The molecule has 2 rings (SSSR count). The number of carbonyl (C=O) groups excluding carboxylic acids is 2. The summed E-state index contributed by atoms with van der Waals surface area (Å²) in [6.07, 6.45) is 0. The van der Waals surface area contributed by atoms with Crippen molar-refractivity contribution in [3.63, 3.8) is 0 Å². The molecule has 0 saturated heterocycles. The van der Waals surface area contributed by atoms with Crippen LogP contribution in [0.1, 0.15) is 13.8 Å². The largest absolute Gasteiger partial charge is 2.00 e. The first-order chi connectivity index (χ1) is 9.43. The average molecular weight is 379 g/mol. The van der Waals surface area contributed by atoms with E-state index in [0.29, 0.717) is 0 Å². The van der Waals surface area contributed by atoms with Crippen LogP contribution in [-0.4, -0.2) is 11.9 Å². The Morgan fingerprint density at radius 2 is 0.857 bits per heavy atom. The molecule has 0 atom stereocenters. The van der Waals surface area contributed by atoms with E-state index in [1.807, 2.05) is 12.1 Å².